The van der Waals surface area contributed by atoms with E-state index in [0.29, 0.717) is 16.7 Å². The van der Waals surface area contributed by atoms with Crippen LogP contribution in [0.5, 0.6) is 0 Å². The van der Waals surface area contributed by atoms with Gasteiger partial charge in [-0.3, -0.25) is 4.98 Å². The molecule has 100 valence electrons. The molecule has 1 aromatic rings. The fourth-order valence-electron chi connectivity index (χ4n) is 1.92. The zero-order valence-electron chi connectivity index (χ0n) is 11.5. The fraction of sp³-hybridized carbons (Fsp3) is 0.571. The molecular formula is C14H23N3S. The van der Waals surface area contributed by atoms with Gasteiger partial charge in [0.2, 0.25) is 0 Å². The lowest BCUT2D eigenvalue weighted by Gasteiger charge is -2.28. The highest BCUT2D eigenvalue weighted by molar-refractivity contribution is 7.80. The molecule has 0 unspecified atom stereocenters. The Kier molecular flexibility index (Phi) is 6.05. The van der Waals surface area contributed by atoms with Gasteiger partial charge in [0.15, 0.2) is 0 Å². The van der Waals surface area contributed by atoms with E-state index in [1.165, 1.54) is 19.3 Å². The van der Waals surface area contributed by atoms with Crippen molar-refractivity contribution in [3.63, 3.8) is 0 Å². The molecule has 0 atom stereocenters. The summed E-state index contributed by atoms with van der Waals surface area (Å²) in [7, 11) is 0. The number of hydrogen-bond acceptors (Lipinski definition) is 3. The van der Waals surface area contributed by atoms with Gasteiger partial charge in [0, 0.05) is 12.6 Å². The number of thiocarbonyl (C=S) groups is 1. The molecule has 0 aliphatic heterocycles. The van der Waals surface area contributed by atoms with Gasteiger partial charge in [-0.2, -0.15) is 0 Å². The average Bonchev–Trinajstić information content (AvgIpc) is 2.34. The van der Waals surface area contributed by atoms with E-state index in [9.17, 15) is 0 Å². The summed E-state index contributed by atoms with van der Waals surface area (Å²) in [5, 5.41) is 0. The summed E-state index contributed by atoms with van der Waals surface area (Å²) >= 11 is 4.91. The largest absolute Gasteiger partial charge is 0.388 e. The third-order valence-electron chi connectivity index (χ3n) is 2.96. The molecule has 0 aliphatic carbocycles. The minimum absolute atomic E-state index is 0.351. The van der Waals surface area contributed by atoms with Gasteiger partial charge in [-0.1, -0.05) is 32.0 Å². The van der Waals surface area contributed by atoms with Crippen LogP contribution in [0.3, 0.4) is 0 Å². The second-order valence-corrected chi connectivity index (χ2v) is 5.20. The van der Waals surface area contributed by atoms with Crippen LogP contribution in [0.25, 0.3) is 0 Å². The van der Waals surface area contributed by atoms with Crippen LogP contribution >= 0.6 is 12.2 Å². The van der Waals surface area contributed by atoms with E-state index >= 15 is 0 Å². The van der Waals surface area contributed by atoms with Gasteiger partial charge < -0.3 is 10.6 Å². The van der Waals surface area contributed by atoms with Gasteiger partial charge >= 0.3 is 0 Å². The topological polar surface area (TPSA) is 42.1 Å². The molecule has 0 saturated carbocycles. The van der Waals surface area contributed by atoms with Crippen LogP contribution in [-0.4, -0.2) is 22.6 Å². The molecule has 0 fully saturated rings. The van der Waals surface area contributed by atoms with Crippen molar-refractivity contribution >= 4 is 22.9 Å². The number of anilines is 1. The van der Waals surface area contributed by atoms with E-state index in [0.717, 1.165) is 12.2 Å². The first-order chi connectivity index (χ1) is 8.56. The van der Waals surface area contributed by atoms with E-state index in [-0.39, 0.29) is 0 Å². The summed E-state index contributed by atoms with van der Waals surface area (Å²) in [5.41, 5.74) is 7.38. The van der Waals surface area contributed by atoms with Gasteiger partial charge in [0.25, 0.3) is 0 Å². The number of aromatic nitrogens is 1. The van der Waals surface area contributed by atoms with Crippen LogP contribution in [0.2, 0.25) is 0 Å². The summed E-state index contributed by atoms with van der Waals surface area (Å²) in [6.07, 6.45) is 5.58. The number of rotatable bonds is 7. The lowest BCUT2D eigenvalue weighted by atomic mass is 10.2. The molecule has 3 nitrogen and oxygen atoms in total. The Morgan fingerprint density at radius 1 is 1.39 bits per heavy atom. The molecule has 0 aliphatic rings. The first-order valence-electron chi connectivity index (χ1n) is 6.58. The highest BCUT2D eigenvalue weighted by atomic mass is 32.1. The molecule has 0 radical (unpaired) electrons. The number of unbranched alkanes of at least 4 members (excludes halogenated alkanes) is 2. The molecule has 18 heavy (non-hydrogen) atoms. The van der Waals surface area contributed by atoms with Crippen molar-refractivity contribution in [2.75, 3.05) is 11.4 Å². The number of hydrogen-bond donors (Lipinski definition) is 1. The lowest BCUT2D eigenvalue weighted by molar-refractivity contribution is 0.625. The molecular weight excluding hydrogens is 242 g/mol. The maximum Gasteiger partial charge on any atom is 0.122 e. The van der Waals surface area contributed by atoms with Crippen molar-refractivity contribution in [1.29, 1.82) is 0 Å². The maximum absolute atomic E-state index is 5.55. The molecule has 0 aromatic carbocycles. The Morgan fingerprint density at radius 2 is 2.11 bits per heavy atom. The standard InChI is InChI=1S/C14H23N3S/c1-4-5-6-9-17(11(2)3)12-7-8-13(14(15)18)16-10-12/h7-8,10-11H,4-6,9H2,1-3H3,(H2,15,18). The van der Waals surface area contributed by atoms with Gasteiger partial charge in [0.05, 0.1) is 17.6 Å². The van der Waals surface area contributed by atoms with Gasteiger partial charge in [0.1, 0.15) is 4.99 Å². The van der Waals surface area contributed by atoms with Crippen LogP contribution in [0.15, 0.2) is 18.3 Å². The zero-order valence-corrected chi connectivity index (χ0v) is 12.3. The summed E-state index contributed by atoms with van der Waals surface area (Å²) in [4.78, 5) is 7.02. The molecule has 0 saturated heterocycles. The van der Waals surface area contributed by atoms with Crippen molar-refractivity contribution < 1.29 is 0 Å². The van der Waals surface area contributed by atoms with Gasteiger partial charge in [-0.05, 0) is 32.4 Å². The maximum atomic E-state index is 5.55. The van der Waals surface area contributed by atoms with Crippen molar-refractivity contribution in [3.05, 3.63) is 24.0 Å². The third kappa shape index (κ3) is 4.26. The predicted octanol–water partition coefficient (Wildman–Crippen LogP) is 3.12. The van der Waals surface area contributed by atoms with Crippen molar-refractivity contribution in [3.8, 4) is 0 Å². The quantitative estimate of drug-likeness (QED) is 0.607. The Morgan fingerprint density at radius 3 is 2.56 bits per heavy atom. The predicted molar refractivity (Wildman–Crippen MR) is 82.1 cm³/mol. The SMILES string of the molecule is CCCCCN(c1ccc(C(N)=S)nc1)C(C)C. The van der Waals surface area contributed by atoms with E-state index in [1.807, 2.05) is 18.3 Å². The summed E-state index contributed by atoms with van der Waals surface area (Å²) in [5.74, 6) is 0. The minimum Gasteiger partial charge on any atom is -0.388 e. The average molecular weight is 265 g/mol. The van der Waals surface area contributed by atoms with E-state index in [4.69, 9.17) is 18.0 Å². The summed E-state index contributed by atoms with van der Waals surface area (Å²) in [6.45, 7) is 7.69. The second-order valence-electron chi connectivity index (χ2n) is 4.76. The van der Waals surface area contributed by atoms with Crippen molar-refractivity contribution in [2.45, 2.75) is 46.1 Å². The Hall–Kier alpha value is -1.16. The molecule has 1 aromatic heterocycles. The normalized spacial score (nSPS) is 10.7. The minimum atomic E-state index is 0.351. The summed E-state index contributed by atoms with van der Waals surface area (Å²) < 4.78 is 0. The molecule has 1 rings (SSSR count). The smallest absolute Gasteiger partial charge is 0.122 e. The van der Waals surface area contributed by atoms with Gasteiger partial charge in [-0.25, -0.2) is 0 Å². The van der Waals surface area contributed by atoms with Gasteiger partial charge in [-0.15, -0.1) is 0 Å². The van der Waals surface area contributed by atoms with Crippen LogP contribution in [0, 0.1) is 0 Å². The van der Waals surface area contributed by atoms with Crippen LogP contribution < -0.4 is 10.6 Å². The number of pyridine rings is 1. The lowest BCUT2D eigenvalue weighted by Crippen LogP contribution is -2.32. The zero-order chi connectivity index (χ0) is 13.5. The first-order valence-corrected chi connectivity index (χ1v) is 6.99. The van der Waals surface area contributed by atoms with E-state index in [2.05, 4.69) is 30.7 Å². The van der Waals surface area contributed by atoms with E-state index in [1.54, 1.807) is 0 Å². The molecule has 1 heterocycles. The molecule has 0 bridgehead atoms. The Balaban J connectivity index is 2.75. The number of nitrogens with zero attached hydrogens (tertiary/aromatic N) is 2. The molecule has 0 spiro atoms. The van der Waals surface area contributed by atoms with Crippen LogP contribution in [-0.2, 0) is 0 Å². The Bertz CT molecular complexity index is 373. The van der Waals surface area contributed by atoms with Crippen molar-refractivity contribution in [2.24, 2.45) is 5.73 Å². The highest BCUT2D eigenvalue weighted by Crippen LogP contribution is 2.17. The Labute approximate surface area is 115 Å². The van der Waals surface area contributed by atoms with Crippen molar-refractivity contribution in [1.82, 2.24) is 4.98 Å². The second kappa shape index (κ2) is 7.31. The monoisotopic (exact) mass is 265 g/mol. The summed E-state index contributed by atoms with van der Waals surface area (Å²) in [6, 6.07) is 4.42. The highest BCUT2D eigenvalue weighted by Gasteiger charge is 2.10. The molecule has 0 amide bonds. The molecule has 4 heteroatoms. The van der Waals surface area contributed by atoms with E-state index < -0.39 is 0 Å². The third-order valence-corrected chi connectivity index (χ3v) is 3.17. The first kappa shape index (κ1) is 14.9. The van der Waals surface area contributed by atoms with Crippen LogP contribution in [0.1, 0.15) is 45.7 Å². The molecule has 2 N–H and O–H groups in total. The van der Waals surface area contributed by atoms with Crippen LogP contribution in [0.4, 0.5) is 5.69 Å². The number of nitrogens with two attached hydrogens (primary N) is 1. The fourth-order valence-corrected chi connectivity index (χ4v) is 2.04.